The van der Waals surface area contributed by atoms with Crippen LogP contribution in [0.5, 0.6) is 0 Å². The Bertz CT molecular complexity index is 542. The third-order valence-corrected chi connectivity index (χ3v) is 5.86. The summed E-state index contributed by atoms with van der Waals surface area (Å²) in [5, 5.41) is 3.40. The zero-order valence-corrected chi connectivity index (χ0v) is 13.6. The van der Waals surface area contributed by atoms with Crippen molar-refractivity contribution in [3.8, 4) is 0 Å². The van der Waals surface area contributed by atoms with Crippen molar-refractivity contribution in [3.05, 3.63) is 33.8 Å². The van der Waals surface area contributed by atoms with Gasteiger partial charge in [0.25, 0.3) is 0 Å². The maximum atomic E-state index is 11.5. The number of fused-ring (bicyclic) bond motifs is 1. The molecule has 0 heterocycles. The minimum Gasteiger partial charge on any atom is -0.309 e. The minimum absolute atomic E-state index is 0.224. The molecule has 0 radical (unpaired) electrons. The molecule has 1 aliphatic rings. The molecule has 1 unspecified atom stereocenters. The van der Waals surface area contributed by atoms with Gasteiger partial charge in [0, 0.05) is 22.8 Å². The number of benzene rings is 1. The number of nitrogens with one attached hydrogen (secondary N) is 1. The highest BCUT2D eigenvalue weighted by molar-refractivity contribution is 9.10. The first-order chi connectivity index (χ1) is 9.02. The summed E-state index contributed by atoms with van der Waals surface area (Å²) in [6, 6.07) is 6.67. The van der Waals surface area contributed by atoms with Crippen LogP contribution >= 0.6 is 15.9 Å². The zero-order valence-electron chi connectivity index (χ0n) is 11.2. The SMILES string of the molecule is CCS(=O)(=O)CCNC1CCCc2ccc(Br)cc21. The Morgan fingerprint density at radius 2 is 2.21 bits per heavy atom. The summed E-state index contributed by atoms with van der Waals surface area (Å²) in [6.45, 7) is 2.23. The Hall–Kier alpha value is -0.390. The Morgan fingerprint density at radius 3 is 2.95 bits per heavy atom. The van der Waals surface area contributed by atoms with E-state index >= 15 is 0 Å². The van der Waals surface area contributed by atoms with Crippen molar-refractivity contribution in [1.82, 2.24) is 5.32 Å². The van der Waals surface area contributed by atoms with E-state index < -0.39 is 9.84 Å². The minimum atomic E-state index is -2.88. The second-order valence-corrected chi connectivity index (χ2v) is 8.37. The first kappa shape index (κ1) is 15.0. The summed E-state index contributed by atoms with van der Waals surface area (Å²) in [7, 11) is -2.88. The van der Waals surface area contributed by atoms with E-state index in [0.29, 0.717) is 6.54 Å². The maximum absolute atomic E-state index is 11.5. The number of sulfone groups is 1. The third kappa shape index (κ3) is 4.04. The highest BCUT2D eigenvalue weighted by Crippen LogP contribution is 2.31. The van der Waals surface area contributed by atoms with Crippen molar-refractivity contribution in [2.45, 2.75) is 32.2 Å². The van der Waals surface area contributed by atoms with Gasteiger partial charge in [0.1, 0.15) is 0 Å². The van der Waals surface area contributed by atoms with E-state index in [4.69, 9.17) is 0 Å². The van der Waals surface area contributed by atoms with Crippen LogP contribution in [0, 0.1) is 0 Å². The molecule has 0 amide bonds. The van der Waals surface area contributed by atoms with Gasteiger partial charge in [-0.1, -0.05) is 28.9 Å². The number of aryl methyl sites for hydroxylation is 1. The first-order valence-electron chi connectivity index (χ1n) is 6.74. The van der Waals surface area contributed by atoms with Crippen molar-refractivity contribution >= 4 is 25.8 Å². The van der Waals surface area contributed by atoms with Gasteiger partial charge in [0.2, 0.25) is 0 Å². The highest BCUT2D eigenvalue weighted by Gasteiger charge is 2.20. The highest BCUT2D eigenvalue weighted by atomic mass is 79.9. The number of rotatable bonds is 5. The molecule has 1 aromatic rings. The molecule has 2 rings (SSSR count). The van der Waals surface area contributed by atoms with Crippen LogP contribution < -0.4 is 5.32 Å². The van der Waals surface area contributed by atoms with Gasteiger partial charge in [-0.3, -0.25) is 0 Å². The molecule has 0 saturated carbocycles. The molecule has 0 saturated heterocycles. The third-order valence-electron chi connectivity index (χ3n) is 3.67. The van der Waals surface area contributed by atoms with E-state index in [1.54, 1.807) is 6.92 Å². The standard InChI is InChI=1S/C14H20BrNO2S/c1-2-19(17,18)9-8-16-14-5-3-4-11-6-7-12(15)10-13(11)14/h6-7,10,14,16H,2-5,8-9H2,1H3. The monoisotopic (exact) mass is 345 g/mol. The maximum Gasteiger partial charge on any atom is 0.151 e. The molecule has 1 N–H and O–H groups in total. The van der Waals surface area contributed by atoms with Crippen molar-refractivity contribution in [1.29, 1.82) is 0 Å². The molecule has 0 spiro atoms. The second-order valence-electron chi connectivity index (χ2n) is 4.98. The van der Waals surface area contributed by atoms with Crippen LogP contribution in [0.2, 0.25) is 0 Å². The summed E-state index contributed by atoms with van der Waals surface area (Å²) in [6.07, 6.45) is 3.36. The van der Waals surface area contributed by atoms with Crippen molar-refractivity contribution < 1.29 is 8.42 Å². The van der Waals surface area contributed by atoms with Crippen LogP contribution in [-0.4, -0.2) is 26.5 Å². The molecule has 1 aromatic carbocycles. The van der Waals surface area contributed by atoms with Crippen molar-refractivity contribution in [3.63, 3.8) is 0 Å². The normalized spacial score (nSPS) is 19.2. The summed E-state index contributed by atoms with van der Waals surface area (Å²) in [4.78, 5) is 0. The topological polar surface area (TPSA) is 46.2 Å². The lowest BCUT2D eigenvalue weighted by atomic mass is 9.88. The predicted octanol–water partition coefficient (Wildman–Crippen LogP) is 2.85. The Kier molecular flexibility index (Phi) is 5.03. The molecule has 19 heavy (non-hydrogen) atoms. The van der Waals surface area contributed by atoms with Gasteiger partial charge in [-0.2, -0.15) is 0 Å². The fourth-order valence-corrected chi connectivity index (χ4v) is 3.61. The molecule has 1 aliphatic carbocycles. The van der Waals surface area contributed by atoms with Gasteiger partial charge in [0.15, 0.2) is 9.84 Å². The molecule has 0 bridgehead atoms. The molecule has 5 heteroatoms. The number of hydrogen-bond acceptors (Lipinski definition) is 3. The average molecular weight is 346 g/mol. The van der Waals surface area contributed by atoms with E-state index in [2.05, 4.69) is 39.4 Å². The molecule has 106 valence electrons. The lowest BCUT2D eigenvalue weighted by molar-refractivity contribution is 0.470. The fourth-order valence-electron chi connectivity index (χ4n) is 2.51. The van der Waals surface area contributed by atoms with E-state index in [0.717, 1.165) is 23.7 Å². The largest absolute Gasteiger partial charge is 0.309 e. The molecule has 0 fully saturated rings. The van der Waals surface area contributed by atoms with Crippen LogP contribution in [0.4, 0.5) is 0 Å². The van der Waals surface area contributed by atoms with Crippen molar-refractivity contribution in [2.24, 2.45) is 0 Å². The Morgan fingerprint density at radius 1 is 1.42 bits per heavy atom. The fraction of sp³-hybridized carbons (Fsp3) is 0.571. The molecular formula is C14H20BrNO2S. The number of hydrogen-bond donors (Lipinski definition) is 1. The smallest absolute Gasteiger partial charge is 0.151 e. The molecule has 0 aliphatic heterocycles. The quantitative estimate of drug-likeness (QED) is 0.892. The van der Waals surface area contributed by atoms with Crippen LogP contribution in [0.1, 0.15) is 36.9 Å². The summed E-state index contributed by atoms with van der Waals surface area (Å²) >= 11 is 3.51. The summed E-state index contributed by atoms with van der Waals surface area (Å²) in [5.74, 6) is 0.449. The van der Waals surface area contributed by atoms with Gasteiger partial charge in [-0.05, 0) is 42.5 Å². The summed E-state index contributed by atoms with van der Waals surface area (Å²) < 4.78 is 24.1. The molecule has 1 atom stereocenters. The second kappa shape index (κ2) is 6.37. The van der Waals surface area contributed by atoms with E-state index in [-0.39, 0.29) is 17.5 Å². The van der Waals surface area contributed by atoms with Gasteiger partial charge in [-0.15, -0.1) is 0 Å². The zero-order chi connectivity index (χ0) is 13.9. The van der Waals surface area contributed by atoms with Gasteiger partial charge in [0.05, 0.1) is 5.75 Å². The van der Waals surface area contributed by atoms with Crippen LogP contribution in [0.25, 0.3) is 0 Å². The molecule has 0 aromatic heterocycles. The van der Waals surface area contributed by atoms with Crippen LogP contribution in [0.15, 0.2) is 22.7 Å². The molecular weight excluding hydrogens is 326 g/mol. The Labute approximate surface area is 123 Å². The van der Waals surface area contributed by atoms with Gasteiger partial charge in [-0.25, -0.2) is 8.42 Å². The average Bonchev–Trinajstić information content (AvgIpc) is 2.39. The first-order valence-corrected chi connectivity index (χ1v) is 9.35. The van der Waals surface area contributed by atoms with E-state index in [9.17, 15) is 8.42 Å². The van der Waals surface area contributed by atoms with Crippen LogP contribution in [-0.2, 0) is 16.3 Å². The predicted molar refractivity (Wildman–Crippen MR) is 82.2 cm³/mol. The lowest BCUT2D eigenvalue weighted by Crippen LogP contribution is -2.30. The van der Waals surface area contributed by atoms with Crippen molar-refractivity contribution in [2.75, 3.05) is 18.1 Å². The van der Waals surface area contributed by atoms with Gasteiger partial charge < -0.3 is 5.32 Å². The Balaban J connectivity index is 2.02. The van der Waals surface area contributed by atoms with Gasteiger partial charge >= 0.3 is 0 Å². The number of halogens is 1. The van der Waals surface area contributed by atoms with Crippen LogP contribution in [0.3, 0.4) is 0 Å². The van der Waals surface area contributed by atoms with E-state index in [1.165, 1.54) is 11.1 Å². The lowest BCUT2D eigenvalue weighted by Gasteiger charge is -2.26. The van der Waals surface area contributed by atoms with E-state index in [1.807, 2.05) is 0 Å². The molecule has 3 nitrogen and oxygen atoms in total. The summed E-state index contributed by atoms with van der Waals surface area (Å²) in [5.41, 5.74) is 2.69.